The van der Waals surface area contributed by atoms with E-state index in [1.807, 2.05) is 0 Å². The first-order valence-corrected chi connectivity index (χ1v) is 7.28. The quantitative estimate of drug-likeness (QED) is 0.721. The summed E-state index contributed by atoms with van der Waals surface area (Å²) in [6.45, 7) is 2.91. The fourth-order valence-corrected chi connectivity index (χ4v) is 2.70. The lowest BCUT2D eigenvalue weighted by atomic mass is 9.94. The van der Waals surface area contributed by atoms with E-state index in [9.17, 15) is 9.18 Å². The van der Waals surface area contributed by atoms with Crippen molar-refractivity contribution in [1.82, 2.24) is 4.90 Å². The van der Waals surface area contributed by atoms with Gasteiger partial charge in [-0.15, -0.1) is 0 Å². The number of nitrogens with two attached hydrogens (primary N) is 2. The van der Waals surface area contributed by atoms with E-state index in [1.54, 1.807) is 0 Å². The molecule has 5 N–H and O–H groups in total. The summed E-state index contributed by atoms with van der Waals surface area (Å²) in [6, 6.07) is 2.53. The van der Waals surface area contributed by atoms with Gasteiger partial charge >= 0.3 is 0 Å². The molecule has 116 valence electrons. The van der Waals surface area contributed by atoms with E-state index in [1.165, 1.54) is 18.9 Å². The molecule has 6 heteroatoms. The highest BCUT2D eigenvalue weighted by Gasteiger charge is 2.17. The Kier molecular flexibility index (Phi) is 5.01. The van der Waals surface area contributed by atoms with Crippen LogP contribution < -0.4 is 16.8 Å². The normalized spacial score (nSPS) is 16.9. The number of benzene rings is 1. The van der Waals surface area contributed by atoms with Crippen LogP contribution >= 0.6 is 0 Å². The van der Waals surface area contributed by atoms with Crippen LogP contribution in [-0.2, 0) is 0 Å². The van der Waals surface area contributed by atoms with Crippen LogP contribution in [0.3, 0.4) is 0 Å². The first-order valence-electron chi connectivity index (χ1n) is 7.28. The van der Waals surface area contributed by atoms with E-state index in [4.69, 9.17) is 11.5 Å². The second-order valence-corrected chi connectivity index (χ2v) is 5.75. The van der Waals surface area contributed by atoms with Gasteiger partial charge in [-0.2, -0.15) is 0 Å². The number of likely N-dealkylation sites (tertiary alicyclic amines) is 1. The zero-order valence-electron chi connectivity index (χ0n) is 12.4. The number of halogens is 1. The standard InChI is InChI=1S/C15H23FN4O/c1-20-6-3-10(4-7-20)2-5-19-14-8-11(15(18)21)13(17)9-12(14)16/h8-10,19H,2-7,17H2,1H3,(H2,18,21). The van der Waals surface area contributed by atoms with Crippen LogP contribution in [0.25, 0.3) is 0 Å². The number of amides is 1. The Hall–Kier alpha value is -1.82. The highest BCUT2D eigenvalue weighted by molar-refractivity contribution is 5.99. The summed E-state index contributed by atoms with van der Waals surface area (Å²) in [6.07, 6.45) is 3.34. The summed E-state index contributed by atoms with van der Waals surface area (Å²) in [5, 5.41) is 3.04. The summed E-state index contributed by atoms with van der Waals surface area (Å²) >= 11 is 0. The average Bonchev–Trinajstić information content (AvgIpc) is 2.43. The van der Waals surface area contributed by atoms with Gasteiger partial charge in [0, 0.05) is 12.2 Å². The minimum absolute atomic E-state index is 0.0702. The number of nitrogens with one attached hydrogen (secondary N) is 1. The van der Waals surface area contributed by atoms with Crippen LogP contribution in [-0.4, -0.2) is 37.5 Å². The molecule has 5 nitrogen and oxygen atoms in total. The highest BCUT2D eigenvalue weighted by atomic mass is 19.1. The SMILES string of the molecule is CN1CCC(CCNc2cc(C(N)=O)c(N)cc2F)CC1. The molecule has 0 unspecified atom stereocenters. The molecule has 0 spiro atoms. The average molecular weight is 294 g/mol. The summed E-state index contributed by atoms with van der Waals surface area (Å²) in [5.74, 6) is -0.437. The number of hydrogen-bond acceptors (Lipinski definition) is 4. The van der Waals surface area contributed by atoms with Gasteiger partial charge < -0.3 is 21.7 Å². The number of carbonyl (C=O) groups excluding carboxylic acids is 1. The third kappa shape index (κ3) is 4.07. The van der Waals surface area contributed by atoms with Gasteiger partial charge in [-0.25, -0.2) is 4.39 Å². The van der Waals surface area contributed by atoms with Gasteiger partial charge in [0.2, 0.25) is 0 Å². The molecular weight excluding hydrogens is 271 g/mol. The second kappa shape index (κ2) is 6.76. The predicted octanol–water partition coefficient (Wildman–Crippen LogP) is 1.65. The molecule has 1 aliphatic rings. The van der Waals surface area contributed by atoms with Gasteiger partial charge in [-0.3, -0.25) is 4.79 Å². The topological polar surface area (TPSA) is 84.4 Å². The van der Waals surface area contributed by atoms with E-state index in [0.29, 0.717) is 12.5 Å². The molecule has 0 bridgehead atoms. The van der Waals surface area contributed by atoms with Crippen LogP contribution in [0, 0.1) is 11.7 Å². The molecule has 0 aromatic heterocycles. The Balaban J connectivity index is 1.91. The molecule has 0 atom stereocenters. The van der Waals surface area contributed by atoms with Crippen molar-refractivity contribution in [3.05, 3.63) is 23.5 Å². The first-order chi connectivity index (χ1) is 9.97. The van der Waals surface area contributed by atoms with Crippen molar-refractivity contribution in [2.75, 3.05) is 37.7 Å². The molecule has 1 saturated heterocycles. The van der Waals surface area contributed by atoms with Gasteiger partial charge in [-0.05, 0) is 57.5 Å². The van der Waals surface area contributed by atoms with Gasteiger partial charge in [0.15, 0.2) is 0 Å². The number of nitrogens with zero attached hydrogens (tertiary/aromatic N) is 1. The van der Waals surface area contributed by atoms with E-state index in [2.05, 4.69) is 17.3 Å². The molecular formula is C15H23FN4O. The number of rotatable bonds is 5. The Morgan fingerprint density at radius 2 is 2.10 bits per heavy atom. The predicted molar refractivity (Wildman–Crippen MR) is 82.7 cm³/mol. The van der Waals surface area contributed by atoms with Crippen molar-refractivity contribution < 1.29 is 9.18 Å². The zero-order chi connectivity index (χ0) is 15.4. The summed E-state index contributed by atoms with van der Waals surface area (Å²) < 4.78 is 13.8. The summed E-state index contributed by atoms with van der Waals surface area (Å²) in [5.41, 5.74) is 11.3. The molecule has 1 aliphatic heterocycles. The van der Waals surface area contributed by atoms with Gasteiger partial charge in [0.05, 0.1) is 11.3 Å². The summed E-state index contributed by atoms with van der Waals surface area (Å²) in [7, 11) is 2.13. The second-order valence-electron chi connectivity index (χ2n) is 5.75. The number of nitrogen functional groups attached to an aromatic ring is 1. The molecule has 21 heavy (non-hydrogen) atoms. The van der Waals surface area contributed by atoms with E-state index in [-0.39, 0.29) is 16.9 Å². The van der Waals surface area contributed by atoms with Gasteiger partial charge in [0.1, 0.15) is 5.82 Å². The number of piperidine rings is 1. The maximum Gasteiger partial charge on any atom is 0.250 e. The van der Waals surface area contributed by atoms with Crippen molar-refractivity contribution in [1.29, 1.82) is 0 Å². The molecule has 0 radical (unpaired) electrons. The Morgan fingerprint density at radius 1 is 1.43 bits per heavy atom. The fraction of sp³-hybridized carbons (Fsp3) is 0.533. The molecule has 1 aromatic rings. The summed E-state index contributed by atoms with van der Waals surface area (Å²) in [4.78, 5) is 13.5. The van der Waals surface area contributed by atoms with Crippen LogP contribution in [0.4, 0.5) is 15.8 Å². The van der Waals surface area contributed by atoms with Crippen LogP contribution in [0.15, 0.2) is 12.1 Å². The molecule has 1 heterocycles. The smallest absolute Gasteiger partial charge is 0.250 e. The molecule has 1 amide bonds. The van der Waals surface area contributed by atoms with Crippen LogP contribution in [0.2, 0.25) is 0 Å². The van der Waals surface area contributed by atoms with Gasteiger partial charge in [0.25, 0.3) is 5.91 Å². The minimum Gasteiger partial charge on any atom is -0.398 e. The van der Waals surface area contributed by atoms with Crippen LogP contribution in [0.5, 0.6) is 0 Å². The van der Waals surface area contributed by atoms with Crippen molar-refractivity contribution >= 4 is 17.3 Å². The van der Waals surface area contributed by atoms with Crippen LogP contribution in [0.1, 0.15) is 29.6 Å². The maximum atomic E-state index is 13.8. The largest absolute Gasteiger partial charge is 0.398 e. The monoisotopic (exact) mass is 294 g/mol. The molecule has 1 fully saturated rings. The molecule has 2 rings (SSSR count). The molecule has 0 saturated carbocycles. The maximum absolute atomic E-state index is 13.8. The zero-order valence-corrected chi connectivity index (χ0v) is 12.4. The number of primary amides is 1. The lowest BCUT2D eigenvalue weighted by Gasteiger charge is -2.29. The Morgan fingerprint density at radius 3 is 2.71 bits per heavy atom. The molecule has 1 aromatic carbocycles. The number of anilines is 2. The van der Waals surface area contributed by atoms with E-state index in [0.717, 1.165) is 25.6 Å². The molecule has 0 aliphatic carbocycles. The number of hydrogen-bond donors (Lipinski definition) is 3. The lowest BCUT2D eigenvalue weighted by molar-refractivity contribution is 0.100. The number of carbonyl (C=O) groups is 1. The van der Waals surface area contributed by atoms with Crippen molar-refractivity contribution in [2.24, 2.45) is 11.7 Å². The van der Waals surface area contributed by atoms with E-state index >= 15 is 0 Å². The van der Waals surface area contributed by atoms with Gasteiger partial charge in [-0.1, -0.05) is 0 Å². The Bertz CT molecular complexity index is 513. The lowest BCUT2D eigenvalue weighted by Crippen LogP contribution is -2.30. The van der Waals surface area contributed by atoms with Crippen molar-refractivity contribution in [3.63, 3.8) is 0 Å². The third-order valence-electron chi connectivity index (χ3n) is 4.11. The van der Waals surface area contributed by atoms with Crippen molar-refractivity contribution in [3.8, 4) is 0 Å². The first kappa shape index (κ1) is 15.6. The van der Waals surface area contributed by atoms with Crippen molar-refractivity contribution in [2.45, 2.75) is 19.3 Å². The Labute approximate surface area is 124 Å². The fourth-order valence-electron chi connectivity index (χ4n) is 2.70. The minimum atomic E-state index is -0.647. The van der Waals surface area contributed by atoms with E-state index < -0.39 is 11.7 Å². The highest BCUT2D eigenvalue weighted by Crippen LogP contribution is 2.23. The third-order valence-corrected chi connectivity index (χ3v) is 4.11.